The van der Waals surface area contributed by atoms with Crippen LogP contribution in [0.1, 0.15) is 92.2 Å². The van der Waals surface area contributed by atoms with Crippen molar-refractivity contribution < 1.29 is 66.0 Å². The maximum atomic E-state index is 13.5. The quantitative estimate of drug-likeness (QED) is 0.0718. The Morgan fingerprint density at radius 1 is 0.480 bits per heavy atom. The fourth-order valence-electron chi connectivity index (χ4n) is 8.21. The molecule has 2 aromatic carbocycles. The summed E-state index contributed by atoms with van der Waals surface area (Å²) in [6, 6.07) is 16.7. The van der Waals surface area contributed by atoms with E-state index in [9.17, 15) is 4.79 Å². The number of hydrogen-bond acceptors (Lipinski definition) is 17. The molecule has 1 amide bonds. The van der Waals surface area contributed by atoms with Gasteiger partial charge in [-0.05, 0) is 103 Å². The third-order valence-electron chi connectivity index (χ3n) is 14.0. The summed E-state index contributed by atoms with van der Waals surface area (Å²) in [6.45, 7) is 30.0. The third-order valence-corrected chi connectivity index (χ3v) is 14.0. The summed E-state index contributed by atoms with van der Waals surface area (Å²) < 4.78 is 76.0. The molecule has 0 aliphatic carbocycles. The number of unbranched alkanes of at least 4 members (excludes halogenated alkanes) is 3. The van der Waals surface area contributed by atoms with Gasteiger partial charge in [0.1, 0.15) is 0 Å². The van der Waals surface area contributed by atoms with Gasteiger partial charge in [-0.1, -0.05) is 61.4 Å². The van der Waals surface area contributed by atoms with Crippen LogP contribution in [-0.2, 0) is 79.1 Å². The molecule has 0 atom stereocenters. The van der Waals surface area contributed by atoms with Crippen molar-refractivity contribution in [3.8, 4) is 0 Å². The van der Waals surface area contributed by atoms with Crippen LogP contribution in [0.4, 0.5) is 0 Å². The fraction of sp³-hybridized carbons (Fsp3) is 0.764. The molecule has 426 valence electrons. The molecule has 2 aliphatic heterocycles. The molecule has 2 fully saturated rings. The van der Waals surface area contributed by atoms with E-state index in [1.807, 2.05) is 12.1 Å². The van der Waals surface area contributed by atoms with Gasteiger partial charge in [0.15, 0.2) is 0 Å². The smallest absolute Gasteiger partial charge is 0.399 e. The molecular weight excluding hydrogens is 962 g/mol. The van der Waals surface area contributed by atoms with Crippen LogP contribution in [0.15, 0.2) is 48.5 Å². The van der Waals surface area contributed by atoms with Gasteiger partial charge in [0.2, 0.25) is 5.91 Å². The predicted octanol–water partition coefficient (Wildman–Crippen LogP) is 4.00. The molecular formula is C55H96B2N4O14. The van der Waals surface area contributed by atoms with Crippen LogP contribution in [0.25, 0.3) is 0 Å². The van der Waals surface area contributed by atoms with E-state index in [0.29, 0.717) is 132 Å². The van der Waals surface area contributed by atoms with Gasteiger partial charge in [-0.15, -0.1) is 0 Å². The minimum atomic E-state index is -0.505. The highest BCUT2D eigenvalue weighted by molar-refractivity contribution is 6.63. The molecule has 0 spiro atoms. The molecule has 0 radical (unpaired) electrons. The van der Waals surface area contributed by atoms with Crippen molar-refractivity contribution in [1.29, 1.82) is 0 Å². The van der Waals surface area contributed by atoms with Crippen molar-refractivity contribution in [3.63, 3.8) is 0 Å². The molecule has 2 aliphatic rings. The van der Waals surface area contributed by atoms with Crippen LogP contribution < -0.4 is 22.0 Å². The maximum absolute atomic E-state index is 13.5. The van der Waals surface area contributed by atoms with E-state index in [1.165, 1.54) is 5.56 Å². The second-order valence-electron chi connectivity index (χ2n) is 21.0. The number of methoxy groups -OCH3 is 1. The van der Waals surface area contributed by atoms with E-state index in [-0.39, 0.29) is 12.5 Å². The summed E-state index contributed by atoms with van der Waals surface area (Å²) in [5, 5.41) is 3.07. The molecule has 0 aromatic heterocycles. The van der Waals surface area contributed by atoms with Crippen molar-refractivity contribution in [2.24, 2.45) is 5.73 Å². The number of nitrogens with two attached hydrogens (primary N) is 1. The van der Waals surface area contributed by atoms with Crippen molar-refractivity contribution in [2.75, 3.05) is 159 Å². The zero-order valence-corrected chi connectivity index (χ0v) is 47.5. The first-order valence-corrected chi connectivity index (χ1v) is 27.5. The second kappa shape index (κ2) is 35.8. The standard InChI is InChI=1S/C55H96B2N4O14/c1-52(2)53(3,4)73-56(72-52)49-20-14-12-18-47(49)44-60(26-29-66-34-37-70-42-40-68-35-32-64-27-22-58)24-16-10-11-17-25-61(45-48-19-13-15-21-50(48)57-74-54(5,6)55(7,8)75-57)46-51(62)59-23-28-65-33-36-69-41-43-71-39-38-67-31-30-63-9/h12-15,18-21H,10-11,16-17,22-46,58H2,1-9H3,(H,59,62). The molecule has 2 saturated heterocycles. The summed E-state index contributed by atoms with van der Waals surface area (Å²) in [4.78, 5) is 18.2. The Bertz CT molecular complexity index is 1800. The SMILES string of the molecule is COCCOCCOCCOCCOCCNC(=O)CN(CCCCCCN(CCOCCOCCOCCOCCN)Cc1ccccc1B1OC(C)(C)C(C)(C)O1)Cc1ccccc1B1OC(C)(C)C(C)(C)O1. The molecule has 0 bridgehead atoms. The minimum absolute atomic E-state index is 0.0502. The van der Waals surface area contributed by atoms with Crippen LogP contribution in [0.5, 0.6) is 0 Å². The Balaban J connectivity index is 1.28. The zero-order chi connectivity index (χ0) is 54.3. The van der Waals surface area contributed by atoms with E-state index in [0.717, 1.165) is 68.4 Å². The average Bonchev–Trinajstić information content (AvgIpc) is 3.74. The Morgan fingerprint density at radius 2 is 0.840 bits per heavy atom. The lowest BCUT2D eigenvalue weighted by molar-refractivity contribution is -0.122. The first kappa shape index (κ1) is 64.9. The van der Waals surface area contributed by atoms with Gasteiger partial charge in [0.25, 0.3) is 0 Å². The molecule has 4 rings (SSSR count). The zero-order valence-electron chi connectivity index (χ0n) is 47.5. The average molecular weight is 1060 g/mol. The number of rotatable bonds is 44. The Morgan fingerprint density at radius 3 is 1.27 bits per heavy atom. The van der Waals surface area contributed by atoms with Crippen molar-refractivity contribution >= 4 is 31.1 Å². The fourth-order valence-corrected chi connectivity index (χ4v) is 8.21. The van der Waals surface area contributed by atoms with Gasteiger partial charge in [0.05, 0.1) is 141 Å². The molecule has 18 nitrogen and oxygen atoms in total. The first-order chi connectivity index (χ1) is 36.1. The highest BCUT2D eigenvalue weighted by Crippen LogP contribution is 2.38. The number of carbonyl (C=O) groups excluding carboxylic acids is 1. The number of nitrogens with zero attached hydrogens (tertiary/aromatic N) is 2. The van der Waals surface area contributed by atoms with Gasteiger partial charge < -0.3 is 72.3 Å². The lowest BCUT2D eigenvalue weighted by Gasteiger charge is -2.32. The van der Waals surface area contributed by atoms with E-state index in [2.05, 4.69) is 107 Å². The van der Waals surface area contributed by atoms with E-state index < -0.39 is 36.6 Å². The van der Waals surface area contributed by atoms with Gasteiger partial charge in [-0.3, -0.25) is 14.6 Å². The summed E-state index contributed by atoms with van der Waals surface area (Å²) in [5.41, 5.74) is 7.92. The lowest BCUT2D eigenvalue weighted by Crippen LogP contribution is -2.42. The second-order valence-corrected chi connectivity index (χ2v) is 21.0. The number of nitrogens with one attached hydrogen (secondary N) is 1. The summed E-state index contributed by atoms with van der Waals surface area (Å²) in [7, 11) is 0.694. The van der Waals surface area contributed by atoms with Crippen LogP contribution in [0, 0.1) is 0 Å². The largest absolute Gasteiger partial charge is 0.495 e. The summed E-state index contributed by atoms with van der Waals surface area (Å²) in [6.07, 6.45) is 3.99. The maximum Gasteiger partial charge on any atom is 0.495 e. The van der Waals surface area contributed by atoms with Crippen molar-refractivity contribution in [1.82, 2.24) is 15.1 Å². The van der Waals surface area contributed by atoms with Crippen LogP contribution in [-0.4, -0.2) is 211 Å². The lowest BCUT2D eigenvalue weighted by atomic mass is 9.76. The highest BCUT2D eigenvalue weighted by atomic mass is 16.7. The Kier molecular flexibility index (Phi) is 31.0. The van der Waals surface area contributed by atoms with E-state index in [1.54, 1.807) is 7.11 Å². The first-order valence-electron chi connectivity index (χ1n) is 27.5. The van der Waals surface area contributed by atoms with Crippen molar-refractivity contribution in [2.45, 2.75) is 117 Å². The third kappa shape index (κ3) is 24.5. The minimum Gasteiger partial charge on any atom is -0.399 e. The summed E-state index contributed by atoms with van der Waals surface area (Å²) >= 11 is 0. The number of carbonyl (C=O) groups is 1. The number of benzene rings is 2. The molecule has 75 heavy (non-hydrogen) atoms. The Hall–Kier alpha value is -2.60. The molecule has 0 unspecified atom stereocenters. The van der Waals surface area contributed by atoms with Crippen LogP contribution in [0.2, 0.25) is 0 Å². The molecule has 2 aromatic rings. The van der Waals surface area contributed by atoms with Gasteiger partial charge in [-0.2, -0.15) is 0 Å². The monoisotopic (exact) mass is 1060 g/mol. The molecule has 0 saturated carbocycles. The van der Waals surface area contributed by atoms with Crippen molar-refractivity contribution in [3.05, 3.63) is 59.7 Å². The molecule has 3 N–H and O–H groups in total. The molecule has 20 heteroatoms. The normalized spacial score (nSPS) is 16.7. The number of hydrogen-bond donors (Lipinski definition) is 2. The summed E-state index contributed by atoms with van der Waals surface area (Å²) in [5.74, 6) is -0.0502. The van der Waals surface area contributed by atoms with Gasteiger partial charge >= 0.3 is 14.2 Å². The Labute approximate surface area is 451 Å². The van der Waals surface area contributed by atoms with E-state index >= 15 is 0 Å². The number of ether oxygens (including phenoxy) is 9. The predicted molar refractivity (Wildman–Crippen MR) is 294 cm³/mol. The molecule has 2 heterocycles. The topological polar surface area (TPSA) is 182 Å². The van der Waals surface area contributed by atoms with Crippen LogP contribution in [0.3, 0.4) is 0 Å². The highest BCUT2D eigenvalue weighted by Gasteiger charge is 2.53. The van der Waals surface area contributed by atoms with Gasteiger partial charge in [0, 0.05) is 39.8 Å². The number of amides is 1. The van der Waals surface area contributed by atoms with E-state index in [4.69, 9.17) is 67.0 Å². The van der Waals surface area contributed by atoms with Crippen LogP contribution >= 0.6 is 0 Å². The van der Waals surface area contributed by atoms with Gasteiger partial charge in [-0.25, -0.2) is 0 Å².